The fourth-order valence-electron chi connectivity index (χ4n) is 3.19. The zero-order valence-corrected chi connectivity index (χ0v) is 14.7. The summed E-state index contributed by atoms with van der Waals surface area (Å²) in [6, 6.07) is 18.5. The summed E-state index contributed by atoms with van der Waals surface area (Å²) in [5.41, 5.74) is 2.65. The molecule has 1 N–H and O–H groups in total. The number of carbonyl (C=O) groups excluding carboxylic acids is 2. The minimum atomic E-state index is -0.412. The molecule has 27 heavy (non-hydrogen) atoms. The van der Waals surface area contributed by atoms with Gasteiger partial charge in [0, 0.05) is 16.6 Å². The normalized spacial score (nSPS) is 10.9. The number of carbonyl (C=O) groups is 2. The number of hydrogen-bond donors (Lipinski definition) is 1. The zero-order chi connectivity index (χ0) is 18.8. The highest BCUT2D eigenvalue weighted by atomic mass is 16.5. The van der Waals surface area contributed by atoms with Crippen molar-refractivity contribution in [3.8, 4) is 0 Å². The molecule has 4 rings (SSSR count). The number of fused-ring (bicyclic) bond motifs is 3. The fraction of sp³-hybridized carbons (Fsp3) is 0.0909. The van der Waals surface area contributed by atoms with E-state index in [1.807, 2.05) is 36.4 Å². The number of benzene rings is 3. The summed E-state index contributed by atoms with van der Waals surface area (Å²) in [6.45, 7) is 0. The third-order valence-electron chi connectivity index (χ3n) is 4.48. The Bertz CT molecular complexity index is 1140. The van der Waals surface area contributed by atoms with Gasteiger partial charge in [-0.25, -0.2) is 4.79 Å². The van der Waals surface area contributed by atoms with Crippen molar-refractivity contribution in [1.82, 2.24) is 0 Å². The summed E-state index contributed by atoms with van der Waals surface area (Å²) in [5, 5.41) is 5.97. The van der Waals surface area contributed by atoms with Crippen LogP contribution in [0.15, 0.2) is 71.3 Å². The summed E-state index contributed by atoms with van der Waals surface area (Å²) < 4.78 is 10.3. The Hall–Kier alpha value is -3.60. The van der Waals surface area contributed by atoms with E-state index in [1.165, 1.54) is 7.11 Å². The molecule has 0 bridgehead atoms. The van der Waals surface area contributed by atoms with Crippen LogP contribution in [0.1, 0.15) is 15.9 Å². The van der Waals surface area contributed by atoms with Crippen molar-refractivity contribution < 1.29 is 18.7 Å². The lowest BCUT2D eigenvalue weighted by Gasteiger charge is -2.06. The second-order valence-corrected chi connectivity index (χ2v) is 6.21. The van der Waals surface area contributed by atoms with Crippen molar-refractivity contribution in [2.24, 2.45) is 0 Å². The minimum Gasteiger partial charge on any atom is -0.465 e. The van der Waals surface area contributed by atoms with Crippen molar-refractivity contribution in [3.05, 3.63) is 78.1 Å². The number of anilines is 1. The van der Waals surface area contributed by atoms with Gasteiger partial charge in [-0.15, -0.1) is 0 Å². The van der Waals surface area contributed by atoms with E-state index in [1.54, 1.807) is 30.5 Å². The summed E-state index contributed by atoms with van der Waals surface area (Å²) in [6.07, 6.45) is 1.83. The molecule has 0 atom stereocenters. The summed E-state index contributed by atoms with van der Waals surface area (Å²) >= 11 is 0. The van der Waals surface area contributed by atoms with E-state index in [4.69, 9.17) is 4.42 Å². The molecule has 0 aliphatic carbocycles. The average Bonchev–Trinajstić information content (AvgIpc) is 3.11. The molecule has 5 heteroatoms. The van der Waals surface area contributed by atoms with E-state index >= 15 is 0 Å². The first-order chi connectivity index (χ1) is 13.2. The lowest BCUT2D eigenvalue weighted by molar-refractivity contribution is -0.115. The van der Waals surface area contributed by atoms with Crippen LogP contribution in [0, 0.1) is 0 Å². The molecule has 1 amide bonds. The highest BCUT2D eigenvalue weighted by Gasteiger charge is 2.13. The molecule has 1 aromatic heterocycles. The smallest absolute Gasteiger partial charge is 0.337 e. The molecule has 4 aromatic rings. The maximum atomic E-state index is 12.5. The Kier molecular flexibility index (Phi) is 4.34. The maximum absolute atomic E-state index is 12.5. The summed E-state index contributed by atoms with van der Waals surface area (Å²) in [7, 11) is 1.33. The Labute approximate surface area is 155 Å². The fourth-order valence-corrected chi connectivity index (χ4v) is 3.19. The van der Waals surface area contributed by atoms with Gasteiger partial charge in [-0.3, -0.25) is 4.79 Å². The van der Waals surface area contributed by atoms with Gasteiger partial charge >= 0.3 is 5.97 Å². The van der Waals surface area contributed by atoms with E-state index in [-0.39, 0.29) is 12.3 Å². The van der Waals surface area contributed by atoms with Gasteiger partial charge in [0.1, 0.15) is 5.58 Å². The number of methoxy groups -OCH3 is 1. The Morgan fingerprint density at radius 2 is 1.78 bits per heavy atom. The summed E-state index contributed by atoms with van der Waals surface area (Å²) in [4.78, 5) is 24.0. The first kappa shape index (κ1) is 16.8. The maximum Gasteiger partial charge on any atom is 0.337 e. The zero-order valence-electron chi connectivity index (χ0n) is 14.7. The number of furan rings is 1. The van der Waals surface area contributed by atoms with Gasteiger partial charge in [-0.2, -0.15) is 0 Å². The number of amides is 1. The quantitative estimate of drug-likeness (QED) is 0.543. The number of rotatable bonds is 4. The van der Waals surface area contributed by atoms with Crippen LogP contribution < -0.4 is 5.32 Å². The van der Waals surface area contributed by atoms with E-state index < -0.39 is 5.97 Å². The number of ether oxygens (including phenoxy) is 1. The molecule has 0 fully saturated rings. The van der Waals surface area contributed by atoms with Crippen LogP contribution in [0.5, 0.6) is 0 Å². The molecule has 0 saturated carbocycles. The lowest BCUT2D eigenvalue weighted by Crippen LogP contribution is -2.14. The second kappa shape index (κ2) is 6.96. The van der Waals surface area contributed by atoms with Crippen LogP contribution in [0.3, 0.4) is 0 Å². The molecule has 3 aromatic carbocycles. The van der Waals surface area contributed by atoms with Gasteiger partial charge in [0.2, 0.25) is 5.91 Å². The highest BCUT2D eigenvalue weighted by Crippen LogP contribution is 2.30. The molecule has 0 saturated heterocycles. The van der Waals surface area contributed by atoms with Gasteiger partial charge in [-0.1, -0.05) is 30.3 Å². The molecular weight excluding hydrogens is 342 g/mol. The largest absolute Gasteiger partial charge is 0.465 e. The first-order valence-corrected chi connectivity index (χ1v) is 8.52. The Morgan fingerprint density at radius 1 is 1.00 bits per heavy atom. The molecular formula is C22H17NO4. The van der Waals surface area contributed by atoms with E-state index in [2.05, 4.69) is 10.1 Å². The second-order valence-electron chi connectivity index (χ2n) is 6.21. The monoisotopic (exact) mass is 359 g/mol. The lowest BCUT2D eigenvalue weighted by atomic mass is 10.0. The molecule has 1 heterocycles. The van der Waals surface area contributed by atoms with Crippen LogP contribution in [-0.2, 0) is 16.0 Å². The van der Waals surface area contributed by atoms with Gasteiger partial charge in [0.25, 0.3) is 0 Å². The SMILES string of the molecule is COC(=O)c1ccc(NC(=O)Cc2coc3ccc4ccccc4c23)cc1. The van der Waals surface area contributed by atoms with Gasteiger partial charge in [-0.05, 0) is 41.1 Å². The molecule has 0 unspecified atom stereocenters. The third kappa shape index (κ3) is 3.27. The van der Waals surface area contributed by atoms with Crippen LogP contribution in [0.25, 0.3) is 21.7 Å². The van der Waals surface area contributed by atoms with Crippen molar-refractivity contribution in [2.75, 3.05) is 12.4 Å². The van der Waals surface area contributed by atoms with Crippen LogP contribution in [0.2, 0.25) is 0 Å². The standard InChI is InChI=1S/C22H17NO4/c1-26-22(25)15-6-9-17(10-7-15)23-20(24)12-16-13-27-19-11-8-14-4-2-3-5-18(14)21(16)19/h2-11,13H,12H2,1H3,(H,23,24). The Morgan fingerprint density at radius 3 is 2.56 bits per heavy atom. The average molecular weight is 359 g/mol. The highest BCUT2D eigenvalue weighted by molar-refractivity contribution is 6.09. The van der Waals surface area contributed by atoms with Crippen molar-refractivity contribution in [3.63, 3.8) is 0 Å². The molecule has 0 aliphatic heterocycles. The van der Waals surface area contributed by atoms with Crippen molar-refractivity contribution in [2.45, 2.75) is 6.42 Å². The molecule has 0 aliphatic rings. The predicted molar refractivity (Wildman–Crippen MR) is 104 cm³/mol. The van der Waals surface area contributed by atoms with Gasteiger partial charge < -0.3 is 14.5 Å². The van der Waals surface area contributed by atoms with Gasteiger partial charge in [0.05, 0.1) is 25.4 Å². The number of nitrogens with one attached hydrogen (secondary N) is 1. The number of hydrogen-bond acceptors (Lipinski definition) is 4. The first-order valence-electron chi connectivity index (χ1n) is 8.52. The topological polar surface area (TPSA) is 68.5 Å². The molecule has 5 nitrogen and oxygen atoms in total. The van der Waals surface area contributed by atoms with E-state index in [9.17, 15) is 9.59 Å². The van der Waals surface area contributed by atoms with E-state index in [0.29, 0.717) is 11.3 Å². The van der Waals surface area contributed by atoms with Gasteiger partial charge in [0.15, 0.2) is 0 Å². The molecule has 0 spiro atoms. The summed E-state index contributed by atoms with van der Waals surface area (Å²) in [5.74, 6) is -0.568. The van der Waals surface area contributed by atoms with E-state index in [0.717, 1.165) is 27.3 Å². The minimum absolute atomic E-state index is 0.156. The van der Waals surface area contributed by atoms with Crippen LogP contribution in [-0.4, -0.2) is 19.0 Å². The van der Waals surface area contributed by atoms with Crippen LogP contribution >= 0.6 is 0 Å². The van der Waals surface area contributed by atoms with Crippen LogP contribution in [0.4, 0.5) is 5.69 Å². The molecule has 0 radical (unpaired) electrons. The third-order valence-corrected chi connectivity index (χ3v) is 4.48. The van der Waals surface area contributed by atoms with Crippen molar-refractivity contribution in [1.29, 1.82) is 0 Å². The van der Waals surface area contributed by atoms with Crippen molar-refractivity contribution >= 4 is 39.3 Å². The molecule has 134 valence electrons. The predicted octanol–water partition coefficient (Wildman–Crippen LogP) is 4.55. The Balaban J connectivity index is 1.56. The number of esters is 1.